The standard InChI is InChI=1S/C13H29NS/c1-8-13(6,7)14-9-11(4)15-12(5)10(2)3/h10-12,14H,8-9H2,1-7H3. The molecule has 0 saturated carbocycles. The van der Waals surface area contributed by atoms with Gasteiger partial charge in [0.2, 0.25) is 0 Å². The van der Waals surface area contributed by atoms with Crippen LogP contribution in [0.3, 0.4) is 0 Å². The Balaban J connectivity index is 3.80. The Kier molecular flexibility index (Phi) is 6.94. The third kappa shape index (κ3) is 7.24. The van der Waals surface area contributed by atoms with E-state index in [0.717, 1.165) is 17.7 Å². The second kappa shape index (κ2) is 6.80. The molecular formula is C13H29NS. The van der Waals surface area contributed by atoms with Crippen LogP contribution < -0.4 is 5.32 Å². The van der Waals surface area contributed by atoms with Crippen molar-refractivity contribution in [2.45, 2.75) is 70.9 Å². The largest absolute Gasteiger partial charge is 0.311 e. The predicted molar refractivity (Wildman–Crippen MR) is 73.7 cm³/mol. The van der Waals surface area contributed by atoms with E-state index < -0.39 is 0 Å². The van der Waals surface area contributed by atoms with Crippen molar-refractivity contribution in [3.63, 3.8) is 0 Å². The van der Waals surface area contributed by atoms with E-state index in [9.17, 15) is 0 Å². The quantitative estimate of drug-likeness (QED) is 0.712. The first-order valence-electron chi connectivity index (χ1n) is 6.19. The maximum absolute atomic E-state index is 3.63. The van der Waals surface area contributed by atoms with Gasteiger partial charge in [-0.2, -0.15) is 11.8 Å². The molecule has 2 heteroatoms. The van der Waals surface area contributed by atoms with Gasteiger partial charge in [-0.05, 0) is 26.2 Å². The molecule has 0 bridgehead atoms. The van der Waals surface area contributed by atoms with Gasteiger partial charge in [-0.25, -0.2) is 0 Å². The average molecular weight is 231 g/mol. The Morgan fingerprint density at radius 2 is 1.67 bits per heavy atom. The molecule has 0 aliphatic heterocycles. The Morgan fingerprint density at radius 1 is 1.13 bits per heavy atom. The van der Waals surface area contributed by atoms with E-state index in [1.165, 1.54) is 6.42 Å². The van der Waals surface area contributed by atoms with Crippen LogP contribution in [0.2, 0.25) is 0 Å². The second-order valence-electron chi connectivity index (χ2n) is 5.51. The van der Waals surface area contributed by atoms with Crippen molar-refractivity contribution in [2.24, 2.45) is 5.92 Å². The summed E-state index contributed by atoms with van der Waals surface area (Å²) >= 11 is 2.10. The van der Waals surface area contributed by atoms with Gasteiger partial charge >= 0.3 is 0 Å². The fourth-order valence-electron chi connectivity index (χ4n) is 1.12. The van der Waals surface area contributed by atoms with Gasteiger partial charge in [0, 0.05) is 22.6 Å². The first kappa shape index (κ1) is 15.3. The van der Waals surface area contributed by atoms with E-state index >= 15 is 0 Å². The number of nitrogens with one attached hydrogen (secondary N) is 1. The first-order valence-corrected chi connectivity index (χ1v) is 7.13. The minimum absolute atomic E-state index is 0.288. The molecule has 1 nitrogen and oxygen atoms in total. The van der Waals surface area contributed by atoms with E-state index in [-0.39, 0.29) is 5.54 Å². The summed E-state index contributed by atoms with van der Waals surface area (Å²) in [7, 11) is 0. The van der Waals surface area contributed by atoms with Crippen molar-refractivity contribution in [3.8, 4) is 0 Å². The van der Waals surface area contributed by atoms with Gasteiger partial charge in [0.15, 0.2) is 0 Å². The lowest BCUT2D eigenvalue weighted by molar-refractivity contribution is 0.379. The van der Waals surface area contributed by atoms with Gasteiger partial charge in [-0.3, -0.25) is 0 Å². The highest BCUT2D eigenvalue weighted by Crippen LogP contribution is 2.23. The third-order valence-corrected chi connectivity index (χ3v) is 4.74. The number of thioether (sulfide) groups is 1. The Hall–Kier alpha value is 0.310. The van der Waals surface area contributed by atoms with E-state index in [0.29, 0.717) is 5.25 Å². The van der Waals surface area contributed by atoms with E-state index in [1.807, 2.05) is 0 Å². The Bertz CT molecular complexity index is 166. The SMILES string of the molecule is CCC(C)(C)NCC(C)SC(C)C(C)C. The molecule has 0 spiro atoms. The maximum atomic E-state index is 3.63. The third-order valence-electron chi connectivity index (χ3n) is 3.14. The van der Waals surface area contributed by atoms with Gasteiger partial charge in [0.25, 0.3) is 0 Å². The molecule has 0 rings (SSSR count). The molecule has 0 amide bonds. The minimum Gasteiger partial charge on any atom is -0.311 e. The van der Waals surface area contributed by atoms with Gasteiger partial charge in [0.05, 0.1) is 0 Å². The molecule has 1 N–H and O–H groups in total. The molecule has 0 heterocycles. The topological polar surface area (TPSA) is 12.0 Å². The molecule has 0 radical (unpaired) electrons. The average Bonchev–Trinajstić information content (AvgIpc) is 2.15. The molecule has 0 aliphatic rings. The molecule has 0 saturated heterocycles. The summed E-state index contributed by atoms with van der Waals surface area (Å²) < 4.78 is 0. The number of hydrogen-bond acceptors (Lipinski definition) is 2. The summed E-state index contributed by atoms with van der Waals surface area (Å²) in [6.07, 6.45) is 1.18. The summed E-state index contributed by atoms with van der Waals surface area (Å²) in [4.78, 5) is 0. The van der Waals surface area contributed by atoms with Crippen LogP contribution in [0.15, 0.2) is 0 Å². The molecule has 0 aromatic rings. The van der Waals surface area contributed by atoms with Crippen LogP contribution in [0.25, 0.3) is 0 Å². The molecule has 2 atom stereocenters. The van der Waals surface area contributed by atoms with Gasteiger partial charge in [-0.15, -0.1) is 0 Å². The van der Waals surface area contributed by atoms with Gasteiger partial charge in [0.1, 0.15) is 0 Å². The summed E-state index contributed by atoms with van der Waals surface area (Å²) in [5.74, 6) is 0.775. The number of rotatable bonds is 7. The van der Waals surface area contributed by atoms with E-state index in [2.05, 4.69) is 65.5 Å². The van der Waals surface area contributed by atoms with Crippen molar-refractivity contribution in [1.29, 1.82) is 0 Å². The predicted octanol–water partition coefficient (Wildman–Crippen LogP) is 3.93. The zero-order valence-electron chi connectivity index (χ0n) is 11.6. The van der Waals surface area contributed by atoms with Crippen molar-refractivity contribution in [1.82, 2.24) is 5.32 Å². The van der Waals surface area contributed by atoms with Crippen LogP contribution in [0.4, 0.5) is 0 Å². The normalized spacial score (nSPS) is 16.8. The highest BCUT2D eigenvalue weighted by Gasteiger charge is 2.17. The number of hydrogen-bond donors (Lipinski definition) is 1. The lowest BCUT2D eigenvalue weighted by atomic mass is 10.0. The monoisotopic (exact) mass is 231 g/mol. The maximum Gasteiger partial charge on any atom is 0.0147 e. The molecular weight excluding hydrogens is 202 g/mol. The molecule has 0 aromatic carbocycles. The summed E-state index contributed by atoms with van der Waals surface area (Å²) in [5, 5.41) is 5.09. The first-order chi connectivity index (χ1) is 6.78. The highest BCUT2D eigenvalue weighted by atomic mass is 32.2. The van der Waals surface area contributed by atoms with Crippen molar-refractivity contribution in [3.05, 3.63) is 0 Å². The molecule has 15 heavy (non-hydrogen) atoms. The summed E-state index contributed by atoms with van der Waals surface area (Å²) in [5.41, 5.74) is 0.288. The van der Waals surface area contributed by atoms with Crippen LogP contribution >= 0.6 is 11.8 Å². The Morgan fingerprint density at radius 3 is 2.07 bits per heavy atom. The van der Waals surface area contributed by atoms with Crippen molar-refractivity contribution >= 4 is 11.8 Å². The fraction of sp³-hybridized carbons (Fsp3) is 1.00. The van der Waals surface area contributed by atoms with Crippen LogP contribution in [-0.4, -0.2) is 22.6 Å². The van der Waals surface area contributed by atoms with Crippen LogP contribution in [0, 0.1) is 5.92 Å². The second-order valence-corrected chi connectivity index (χ2v) is 7.33. The Labute approximate surface area is 101 Å². The van der Waals surface area contributed by atoms with Crippen molar-refractivity contribution in [2.75, 3.05) is 6.54 Å². The van der Waals surface area contributed by atoms with Crippen LogP contribution in [0.1, 0.15) is 54.9 Å². The molecule has 2 unspecified atom stereocenters. The van der Waals surface area contributed by atoms with Crippen molar-refractivity contribution < 1.29 is 0 Å². The lowest BCUT2D eigenvalue weighted by Crippen LogP contribution is -2.41. The molecule has 0 aliphatic carbocycles. The van der Waals surface area contributed by atoms with Crippen LogP contribution in [0.5, 0.6) is 0 Å². The molecule has 92 valence electrons. The zero-order valence-corrected chi connectivity index (χ0v) is 12.4. The highest BCUT2D eigenvalue weighted by molar-refractivity contribution is 8.00. The fourth-order valence-corrected chi connectivity index (χ4v) is 2.34. The van der Waals surface area contributed by atoms with E-state index in [1.54, 1.807) is 0 Å². The van der Waals surface area contributed by atoms with Crippen LogP contribution in [-0.2, 0) is 0 Å². The minimum atomic E-state index is 0.288. The molecule has 0 aromatic heterocycles. The smallest absolute Gasteiger partial charge is 0.0147 e. The van der Waals surface area contributed by atoms with Gasteiger partial charge in [-0.1, -0.05) is 34.6 Å². The zero-order chi connectivity index (χ0) is 12.1. The lowest BCUT2D eigenvalue weighted by Gasteiger charge is -2.28. The summed E-state index contributed by atoms with van der Waals surface area (Å²) in [6.45, 7) is 17.2. The molecule has 0 fully saturated rings. The summed E-state index contributed by atoms with van der Waals surface area (Å²) in [6, 6.07) is 0. The van der Waals surface area contributed by atoms with Gasteiger partial charge < -0.3 is 5.32 Å². The van der Waals surface area contributed by atoms with E-state index in [4.69, 9.17) is 0 Å².